The Balaban J connectivity index is 2.24. The first-order valence-corrected chi connectivity index (χ1v) is 8.96. The van der Waals surface area contributed by atoms with Gasteiger partial charge in [0.1, 0.15) is 6.04 Å². The van der Waals surface area contributed by atoms with Gasteiger partial charge in [-0.05, 0) is 28.7 Å². The molecule has 0 aliphatic rings. The molecular weight excluding hydrogens is 363 g/mol. The van der Waals surface area contributed by atoms with Crippen LogP contribution < -0.4 is 5.73 Å². The standard InChI is InChI=1S/C22H22F3N3/c1-21(2,3)13-28-12-18(20(27)22(23,24)25)17-9-8-14(10-19(17)28)16-7-5-4-6-15(16)11-26/h4-10,12,20H,13,27H2,1-3H3/t20-/m0/s1. The molecule has 1 aromatic heterocycles. The fraction of sp³-hybridized carbons (Fsp3) is 0.318. The summed E-state index contributed by atoms with van der Waals surface area (Å²) in [6, 6.07) is 12.5. The van der Waals surface area contributed by atoms with Gasteiger partial charge >= 0.3 is 6.18 Å². The van der Waals surface area contributed by atoms with E-state index >= 15 is 0 Å². The molecule has 0 amide bonds. The molecule has 0 bridgehead atoms. The molecule has 0 aliphatic carbocycles. The number of fused-ring (bicyclic) bond motifs is 1. The Morgan fingerprint density at radius 1 is 1.11 bits per heavy atom. The normalized spacial score (nSPS) is 13.5. The lowest BCUT2D eigenvalue weighted by Crippen LogP contribution is -2.28. The van der Waals surface area contributed by atoms with Crippen LogP contribution in [0.2, 0.25) is 0 Å². The first-order valence-electron chi connectivity index (χ1n) is 8.96. The van der Waals surface area contributed by atoms with Gasteiger partial charge in [0, 0.05) is 29.2 Å². The van der Waals surface area contributed by atoms with Gasteiger partial charge in [0.15, 0.2) is 0 Å². The molecule has 0 spiro atoms. The fourth-order valence-corrected chi connectivity index (χ4v) is 3.39. The van der Waals surface area contributed by atoms with Gasteiger partial charge in [-0.3, -0.25) is 0 Å². The smallest absolute Gasteiger partial charge is 0.347 e. The first kappa shape index (κ1) is 20.0. The molecule has 3 aromatic rings. The number of rotatable bonds is 3. The molecule has 2 N–H and O–H groups in total. The van der Waals surface area contributed by atoms with E-state index in [-0.39, 0.29) is 11.0 Å². The number of hydrogen-bond acceptors (Lipinski definition) is 2. The largest absolute Gasteiger partial charge is 0.407 e. The Morgan fingerprint density at radius 3 is 2.39 bits per heavy atom. The molecule has 0 saturated heterocycles. The van der Waals surface area contributed by atoms with Gasteiger partial charge in [-0.2, -0.15) is 18.4 Å². The highest BCUT2D eigenvalue weighted by atomic mass is 19.4. The summed E-state index contributed by atoms with van der Waals surface area (Å²) >= 11 is 0. The molecule has 0 unspecified atom stereocenters. The number of benzene rings is 2. The summed E-state index contributed by atoms with van der Waals surface area (Å²) in [5, 5.41) is 9.85. The zero-order valence-corrected chi connectivity index (χ0v) is 16.0. The second-order valence-corrected chi connectivity index (χ2v) is 8.18. The minimum Gasteiger partial charge on any atom is -0.347 e. The van der Waals surface area contributed by atoms with Gasteiger partial charge in [0.05, 0.1) is 11.6 Å². The molecule has 28 heavy (non-hydrogen) atoms. The Bertz CT molecular complexity index is 1050. The molecule has 6 heteroatoms. The average Bonchev–Trinajstić information content (AvgIpc) is 2.96. The van der Waals surface area contributed by atoms with Crippen molar-refractivity contribution in [2.24, 2.45) is 11.1 Å². The zero-order chi connectivity index (χ0) is 20.7. The van der Waals surface area contributed by atoms with E-state index in [2.05, 4.69) is 6.07 Å². The van der Waals surface area contributed by atoms with Gasteiger partial charge in [-0.15, -0.1) is 0 Å². The Kier molecular flexibility index (Phi) is 4.99. The molecule has 1 atom stereocenters. The number of alkyl halides is 3. The maximum atomic E-state index is 13.3. The summed E-state index contributed by atoms with van der Waals surface area (Å²) in [6.45, 7) is 6.61. The molecule has 3 nitrogen and oxygen atoms in total. The molecule has 0 fully saturated rings. The van der Waals surface area contributed by atoms with Crippen LogP contribution in [-0.2, 0) is 6.54 Å². The second-order valence-electron chi connectivity index (χ2n) is 8.18. The molecule has 1 heterocycles. The van der Waals surface area contributed by atoms with Crippen LogP contribution in [0.25, 0.3) is 22.0 Å². The van der Waals surface area contributed by atoms with Crippen molar-refractivity contribution in [1.82, 2.24) is 4.57 Å². The minimum atomic E-state index is -4.52. The van der Waals surface area contributed by atoms with Gasteiger partial charge in [0.2, 0.25) is 0 Å². The lowest BCUT2D eigenvalue weighted by molar-refractivity contribution is -0.148. The van der Waals surface area contributed by atoms with Crippen LogP contribution in [0.1, 0.15) is 37.9 Å². The van der Waals surface area contributed by atoms with Crippen LogP contribution in [-0.4, -0.2) is 10.7 Å². The van der Waals surface area contributed by atoms with Crippen molar-refractivity contribution in [3.63, 3.8) is 0 Å². The van der Waals surface area contributed by atoms with Crippen molar-refractivity contribution >= 4 is 10.9 Å². The molecule has 0 radical (unpaired) electrons. The van der Waals surface area contributed by atoms with Gasteiger partial charge in [-0.1, -0.05) is 51.1 Å². The van der Waals surface area contributed by atoms with Crippen LogP contribution in [0, 0.1) is 16.7 Å². The van der Waals surface area contributed by atoms with E-state index in [0.29, 0.717) is 23.0 Å². The van der Waals surface area contributed by atoms with Crippen molar-refractivity contribution in [2.75, 3.05) is 0 Å². The fourth-order valence-electron chi connectivity index (χ4n) is 3.39. The van der Waals surface area contributed by atoms with Gasteiger partial charge in [-0.25, -0.2) is 0 Å². The lowest BCUT2D eigenvalue weighted by atomic mass is 9.96. The first-order chi connectivity index (χ1) is 13.0. The Labute approximate surface area is 162 Å². The van der Waals surface area contributed by atoms with Gasteiger partial charge in [0.25, 0.3) is 0 Å². The van der Waals surface area contributed by atoms with E-state index in [1.54, 1.807) is 24.3 Å². The topological polar surface area (TPSA) is 54.7 Å². The maximum absolute atomic E-state index is 13.3. The highest BCUT2D eigenvalue weighted by Crippen LogP contribution is 2.38. The van der Waals surface area contributed by atoms with Crippen LogP contribution >= 0.6 is 0 Å². The SMILES string of the molecule is CC(C)(C)Cn1cc([C@H](N)C(F)(F)F)c2ccc(-c3ccccc3C#N)cc21. The predicted molar refractivity (Wildman–Crippen MR) is 105 cm³/mol. The van der Waals surface area contributed by atoms with Crippen LogP contribution in [0.5, 0.6) is 0 Å². The highest BCUT2D eigenvalue weighted by Gasteiger charge is 2.39. The Morgan fingerprint density at radius 2 is 1.79 bits per heavy atom. The molecule has 3 rings (SSSR count). The van der Waals surface area contributed by atoms with Crippen molar-refractivity contribution in [2.45, 2.75) is 39.5 Å². The summed E-state index contributed by atoms with van der Waals surface area (Å²) in [6.07, 6.45) is -3.01. The zero-order valence-electron chi connectivity index (χ0n) is 16.0. The molecule has 2 aromatic carbocycles. The number of aromatic nitrogens is 1. The Hall–Kier alpha value is -2.78. The van der Waals surface area contributed by atoms with Crippen LogP contribution in [0.3, 0.4) is 0 Å². The maximum Gasteiger partial charge on any atom is 0.407 e. The van der Waals surface area contributed by atoms with Crippen LogP contribution in [0.4, 0.5) is 13.2 Å². The molecule has 146 valence electrons. The quantitative estimate of drug-likeness (QED) is 0.620. The monoisotopic (exact) mass is 385 g/mol. The third-order valence-corrected chi connectivity index (χ3v) is 4.60. The van der Waals surface area contributed by atoms with Crippen LogP contribution in [0.15, 0.2) is 48.7 Å². The molecule has 0 aliphatic heterocycles. The molecule has 0 saturated carbocycles. The summed E-state index contributed by atoms with van der Waals surface area (Å²) in [4.78, 5) is 0. The predicted octanol–water partition coefficient (Wildman–Crippen LogP) is 5.79. The van der Waals surface area contributed by atoms with Crippen molar-refractivity contribution in [3.8, 4) is 17.2 Å². The van der Waals surface area contributed by atoms with Crippen molar-refractivity contribution in [1.29, 1.82) is 5.26 Å². The number of nitriles is 1. The number of nitrogens with two attached hydrogens (primary N) is 1. The van der Waals surface area contributed by atoms with Gasteiger partial charge < -0.3 is 10.3 Å². The number of halogens is 3. The lowest BCUT2D eigenvalue weighted by Gasteiger charge is -2.20. The third-order valence-electron chi connectivity index (χ3n) is 4.60. The van der Waals surface area contributed by atoms with E-state index < -0.39 is 12.2 Å². The number of hydrogen-bond donors (Lipinski definition) is 1. The summed E-state index contributed by atoms with van der Waals surface area (Å²) in [5.74, 6) is 0. The van der Waals surface area contributed by atoms with Crippen molar-refractivity contribution < 1.29 is 13.2 Å². The van der Waals surface area contributed by atoms with E-state index in [4.69, 9.17) is 5.73 Å². The second kappa shape index (κ2) is 6.99. The summed E-state index contributed by atoms with van der Waals surface area (Å²) in [7, 11) is 0. The third kappa shape index (κ3) is 3.90. The van der Waals surface area contributed by atoms with E-state index in [0.717, 1.165) is 11.1 Å². The van der Waals surface area contributed by atoms with Crippen molar-refractivity contribution in [3.05, 3.63) is 59.8 Å². The minimum absolute atomic E-state index is 0.0619. The van der Waals surface area contributed by atoms with E-state index in [9.17, 15) is 18.4 Å². The average molecular weight is 385 g/mol. The highest BCUT2D eigenvalue weighted by molar-refractivity contribution is 5.89. The summed E-state index contributed by atoms with van der Waals surface area (Å²) in [5.41, 5.74) is 8.18. The summed E-state index contributed by atoms with van der Waals surface area (Å²) < 4.78 is 41.7. The van der Waals surface area contributed by atoms with E-state index in [1.165, 1.54) is 6.20 Å². The van der Waals surface area contributed by atoms with E-state index in [1.807, 2.05) is 43.5 Å². The number of nitrogens with zero attached hydrogens (tertiary/aromatic N) is 2. The molecular formula is C22H22F3N3.